The van der Waals surface area contributed by atoms with Gasteiger partial charge in [-0.3, -0.25) is 14.5 Å². The van der Waals surface area contributed by atoms with Crippen molar-refractivity contribution in [1.82, 2.24) is 9.80 Å². The maximum absolute atomic E-state index is 12.8. The predicted octanol–water partition coefficient (Wildman–Crippen LogP) is 2.75. The van der Waals surface area contributed by atoms with E-state index in [1.165, 1.54) is 25.7 Å². The van der Waals surface area contributed by atoms with Crippen molar-refractivity contribution in [2.24, 2.45) is 5.92 Å². The molecule has 0 radical (unpaired) electrons. The Hall–Kier alpha value is -2.08. The van der Waals surface area contributed by atoms with Crippen LogP contribution in [0.5, 0.6) is 5.75 Å². The molecule has 3 rings (SSSR count). The van der Waals surface area contributed by atoms with E-state index in [0.717, 1.165) is 19.4 Å². The average Bonchev–Trinajstić information content (AvgIpc) is 2.67. The first-order chi connectivity index (χ1) is 13.1. The number of ether oxygens (including phenoxy) is 1. The second-order valence-corrected chi connectivity index (χ2v) is 7.79. The number of amides is 2. The Morgan fingerprint density at radius 1 is 1.19 bits per heavy atom. The molecular formula is C21H31N3O3. The van der Waals surface area contributed by atoms with Crippen molar-refractivity contribution in [2.45, 2.75) is 44.6 Å². The van der Waals surface area contributed by atoms with Gasteiger partial charge in [0.05, 0.1) is 20.2 Å². The van der Waals surface area contributed by atoms with Gasteiger partial charge in [-0.05, 0) is 50.8 Å². The topological polar surface area (TPSA) is 61.9 Å². The lowest BCUT2D eigenvalue weighted by atomic mass is 9.78. The zero-order valence-electron chi connectivity index (χ0n) is 16.4. The Labute approximate surface area is 161 Å². The van der Waals surface area contributed by atoms with Gasteiger partial charge < -0.3 is 15.0 Å². The fourth-order valence-electron chi connectivity index (χ4n) is 4.46. The number of likely N-dealkylation sites (tertiary alicyclic amines) is 1. The molecule has 2 aliphatic rings. The molecule has 1 aromatic rings. The number of carbonyl (C=O) groups excluding carboxylic acids is 2. The summed E-state index contributed by atoms with van der Waals surface area (Å²) in [7, 11) is 3.42. The van der Waals surface area contributed by atoms with Crippen LogP contribution < -0.4 is 10.1 Å². The second-order valence-electron chi connectivity index (χ2n) is 7.79. The fraction of sp³-hybridized carbons (Fsp3) is 0.619. The third-order valence-corrected chi connectivity index (χ3v) is 5.74. The molecule has 6 nitrogen and oxygen atoms in total. The number of hydrogen-bond donors (Lipinski definition) is 1. The van der Waals surface area contributed by atoms with Crippen LogP contribution in [0, 0.1) is 5.92 Å². The molecule has 1 heterocycles. The number of likely N-dealkylation sites (N-methyl/N-ethyl adjacent to an activating group) is 1. The zero-order chi connectivity index (χ0) is 19.2. The number of anilines is 1. The lowest BCUT2D eigenvalue weighted by Crippen LogP contribution is -2.52. The minimum Gasteiger partial charge on any atom is -0.497 e. The zero-order valence-corrected chi connectivity index (χ0v) is 16.4. The molecule has 0 spiro atoms. The first-order valence-electron chi connectivity index (χ1n) is 9.98. The van der Waals surface area contributed by atoms with Gasteiger partial charge in [0.25, 0.3) is 0 Å². The minimum absolute atomic E-state index is 0.132. The Balaban J connectivity index is 1.49. The van der Waals surface area contributed by atoms with Crippen molar-refractivity contribution >= 4 is 17.5 Å². The van der Waals surface area contributed by atoms with Crippen LogP contribution >= 0.6 is 0 Å². The summed E-state index contributed by atoms with van der Waals surface area (Å²) in [6.07, 6.45) is 7.28. The molecule has 2 fully saturated rings. The number of hydrogen-bond acceptors (Lipinski definition) is 4. The standard InChI is InChI=1S/C21H31N3O3/c1-23(14-20(25)22-17-9-5-10-18(13-17)27-2)15-21(26)24-12-6-8-16-7-3-4-11-19(16)24/h5,9-10,13,16,19H,3-4,6-8,11-12,14-15H2,1-2H3,(H,22,25)/t16-,19-/m0/s1. The first kappa shape index (κ1) is 19.7. The Morgan fingerprint density at radius 2 is 1.96 bits per heavy atom. The molecule has 1 saturated carbocycles. The van der Waals surface area contributed by atoms with Gasteiger partial charge in [-0.25, -0.2) is 0 Å². The summed E-state index contributed by atoms with van der Waals surface area (Å²) in [5.74, 6) is 1.40. The number of benzene rings is 1. The molecule has 0 unspecified atom stereocenters. The van der Waals surface area contributed by atoms with Gasteiger partial charge in [-0.2, -0.15) is 0 Å². The number of carbonyl (C=O) groups is 2. The summed E-state index contributed by atoms with van der Waals surface area (Å²) in [6, 6.07) is 7.68. The highest BCUT2D eigenvalue weighted by atomic mass is 16.5. The largest absolute Gasteiger partial charge is 0.497 e. The minimum atomic E-state index is -0.132. The number of nitrogens with zero attached hydrogens (tertiary/aromatic N) is 2. The van der Waals surface area contributed by atoms with E-state index >= 15 is 0 Å². The smallest absolute Gasteiger partial charge is 0.238 e. The number of nitrogens with one attached hydrogen (secondary N) is 1. The summed E-state index contributed by atoms with van der Waals surface area (Å²) >= 11 is 0. The normalized spacial score (nSPS) is 22.3. The van der Waals surface area contributed by atoms with E-state index in [9.17, 15) is 9.59 Å². The molecule has 6 heteroatoms. The maximum Gasteiger partial charge on any atom is 0.238 e. The predicted molar refractivity (Wildman–Crippen MR) is 106 cm³/mol. The monoisotopic (exact) mass is 373 g/mol. The molecule has 0 aromatic heterocycles. The average molecular weight is 373 g/mol. The molecule has 1 aromatic carbocycles. The number of fused-ring (bicyclic) bond motifs is 1. The molecule has 1 saturated heterocycles. The van der Waals surface area contributed by atoms with Crippen molar-refractivity contribution in [3.8, 4) is 5.75 Å². The molecular weight excluding hydrogens is 342 g/mol. The maximum atomic E-state index is 12.8. The lowest BCUT2D eigenvalue weighted by molar-refractivity contribution is -0.138. The van der Waals surface area contributed by atoms with E-state index < -0.39 is 0 Å². The van der Waals surface area contributed by atoms with Crippen molar-refractivity contribution < 1.29 is 14.3 Å². The third kappa shape index (κ3) is 5.22. The summed E-state index contributed by atoms with van der Waals surface area (Å²) in [6.45, 7) is 1.34. The highest BCUT2D eigenvalue weighted by molar-refractivity contribution is 5.92. The van der Waals surface area contributed by atoms with Gasteiger partial charge >= 0.3 is 0 Å². The SMILES string of the molecule is COc1cccc(NC(=O)CN(C)CC(=O)N2CCC[C@@H]3CCCC[C@@H]32)c1. The van der Waals surface area contributed by atoms with Crippen LogP contribution in [0.3, 0.4) is 0 Å². The van der Waals surface area contributed by atoms with Crippen molar-refractivity contribution in [1.29, 1.82) is 0 Å². The van der Waals surface area contributed by atoms with Gasteiger partial charge in [0.15, 0.2) is 0 Å². The second kappa shape index (κ2) is 9.22. The summed E-state index contributed by atoms with van der Waals surface area (Å²) in [4.78, 5) is 29.0. The van der Waals surface area contributed by atoms with Gasteiger partial charge in [-0.1, -0.05) is 18.9 Å². The van der Waals surface area contributed by atoms with Gasteiger partial charge in [0.1, 0.15) is 5.75 Å². The highest BCUT2D eigenvalue weighted by Crippen LogP contribution is 2.35. The van der Waals surface area contributed by atoms with E-state index in [1.54, 1.807) is 18.1 Å². The quantitative estimate of drug-likeness (QED) is 0.833. The number of piperidine rings is 1. The van der Waals surface area contributed by atoms with E-state index in [2.05, 4.69) is 10.2 Å². The van der Waals surface area contributed by atoms with E-state index in [-0.39, 0.29) is 24.9 Å². The Kier molecular flexibility index (Phi) is 6.72. The van der Waals surface area contributed by atoms with Crippen molar-refractivity contribution in [3.63, 3.8) is 0 Å². The van der Waals surface area contributed by atoms with Gasteiger partial charge in [0, 0.05) is 24.3 Å². The summed E-state index contributed by atoms with van der Waals surface area (Å²) in [5, 5.41) is 2.86. The molecule has 1 N–H and O–H groups in total. The molecule has 27 heavy (non-hydrogen) atoms. The Bertz CT molecular complexity index is 662. The highest BCUT2D eigenvalue weighted by Gasteiger charge is 2.35. The fourth-order valence-corrected chi connectivity index (χ4v) is 4.46. The molecule has 2 amide bonds. The summed E-state index contributed by atoms with van der Waals surface area (Å²) < 4.78 is 5.17. The van der Waals surface area contributed by atoms with Crippen molar-refractivity contribution in [2.75, 3.05) is 39.1 Å². The molecule has 148 valence electrons. The summed E-state index contributed by atoms with van der Waals surface area (Å²) in [5.41, 5.74) is 0.695. The van der Waals surface area contributed by atoms with Crippen LogP contribution in [-0.4, -0.2) is 61.4 Å². The van der Waals surface area contributed by atoms with Crippen LogP contribution in [0.4, 0.5) is 5.69 Å². The van der Waals surface area contributed by atoms with Crippen molar-refractivity contribution in [3.05, 3.63) is 24.3 Å². The van der Waals surface area contributed by atoms with Gasteiger partial charge in [-0.15, -0.1) is 0 Å². The first-order valence-corrected chi connectivity index (χ1v) is 9.98. The van der Waals surface area contributed by atoms with E-state index in [1.807, 2.05) is 25.2 Å². The molecule has 2 atom stereocenters. The number of methoxy groups -OCH3 is 1. The van der Waals surface area contributed by atoms with Crippen LogP contribution in [-0.2, 0) is 9.59 Å². The third-order valence-electron chi connectivity index (χ3n) is 5.74. The number of rotatable bonds is 6. The Morgan fingerprint density at radius 3 is 2.78 bits per heavy atom. The lowest BCUT2D eigenvalue weighted by Gasteiger charge is -2.44. The van der Waals surface area contributed by atoms with Crippen LogP contribution in [0.15, 0.2) is 24.3 Å². The van der Waals surface area contributed by atoms with E-state index in [0.29, 0.717) is 23.4 Å². The van der Waals surface area contributed by atoms with Crippen LogP contribution in [0.1, 0.15) is 38.5 Å². The van der Waals surface area contributed by atoms with Crippen LogP contribution in [0.2, 0.25) is 0 Å². The molecule has 0 bridgehead atoms. The van der Waals surface area contributed by atoms with Crippen LogP contribution in [0.25, 0.3) is 0 Å². The van der Waals surface area contributed by atoms with Gasteiger partial charge in [0.2, 0.25) is 11.8 Å². The molecule has 1 aliphatic heterocycles. The molecule has 1 aliphatic carbocycles. The van der Waals surface area contributed by atoms with E-state index in [4.69, 9.17) is 4.74 Å².